The number of rotatable bonds is 10. The summed E-state index contributed by atoms with van der Waals surface area (Å²) in [6, 6.07) is 0. The Morgan fingerprint density at radius 2 is 1.35 bits per heavy atom. The summed E-state index contributed by atoms with van der Waals surface area (Å²) < 4.78 is 0.637. The first-order chi connectivity index (χ1) is 9.08. The van der Waals surface area contributed by atoms with E-state index < -0.39 is 37.1 Å². The normalized spacial score (nSPS) is 20.9. The topological polar surface area (TPSA) is 121 Å². The highest BCUT2D eigenvalue weighted by molar-refractivity contribution is 7.38. The molecule has 6 unspecified atom stereocenters. The molecule has 122 valence electrons. The summed E-state index contributed by atoms with van der Waals surface area (Å²) in [5.74, 6) is 0. The van der Waals surface area contributed by atoms with Crippen LogP contribution < -0.4 is 0 Å². The molecule has 0 aliphatic heterocycles. The second-order valence-corrected chi connectivity index (χ2v) is 7.40. The van der Waals surface area contributed by atoms with Crippen LogP contribution in [0.3, 0.4) is 0 Å². The lowest BCUT2D eigenvalue weighted by molar-refractivity contribution is -0.873. The molecular formula is C12H29NO6P+. The van der Waals surface area contributed by atoms with E-state index in [4.69, 9.17) is 5.11 Å². The van der Waals surface area contributed by atoms with Crippen LogP contribution in [0.4, 0.5) is 0 Å². The van der Waals surface area contributed by atoms with Gasteiger partial charge in [0.15, 0.2) is 0 Å². The van der Waals surface area contributed by atoms with Gasteiger partial charge in [0.05, 0.1) is 33.9 Å². The molecular weight excluding hydrogens is 285 g/mol. The highest BCUT2D eigenvalue weighted by atomic mass is 31.1. The number of aliphatic hydroxyl groups excluding tert-OH is 6. The monoisotopic (exact) mass is 314 g/mol. The van der Waals surface area contributed by atoms with Crippen molar-refractivity contribution >= 4 is 8.58 Å². The highest BCUT2D eigenvalue weighted by Gasteiger charge is 2.29. The molecule has 20 heavy (non-hydrogen) atoms. The maximum absolute atomic E-state index is 9.80. The smallest absolute Gasteiger partial charge is 0.110 e. The highest BCUT2D eigenvalue weighted by Crippen LogP contribution is 2.17. The molecule has 0 spiro atoms. The Labute approximate surface area is 121 Å². The molecule has 0 aromatic carbocycles. The van der Waals surface area contributed by atoms with Crippen LogP contribution in [0.1, 0.15) is 0 Å². The Kier molecular flexibility index (Phi) is 9.29. The molecule has 7 nitrogen and oxygen atoms in total. The quantitative estimate of drug-likeness (QED) is 0.191. The van der Waals surface area contributed by atoms with Gasteiger partial charge in [-0.1, -0.05) is 0 Å². The molecule has 6 atom stereocenters. The zero-order valence-electron chi connectivity index (χ0n) is 12.3. The molecule has 0 aliphatic carbocycles. The van der Waals surface area contributed by atoms with Crippen LogP contribution in [0.25, 0.3) is 0 Å². The van der Waals surface area contributed by atoms with E-state index in [1.807, 2.05) is 21.1 Å². The van der Waals surface area contributed by atoms with Gasteiger partial charge in [0, 0.05) is 0 Å². The van der Waals surface area contributed by atoms with E-state index in [-0.39, 0.29) is 14.7 Å². The van der Waals surface area contributed by atoms with Crippen LogP contribution in [0.15, 0.2) is 0 Å². The van der Waals surface area contributed by atoms with Crippen molar-refractivity contribution in [1.29, 1.82) is 0 Å². The largest absolute Gasteiger partial charge is 0.394 e. The van der Waals surface area contributed by atoms with Crippen LogP contribution in [-0.2, 0) is 0 Å². The van der Waals surface area contributed by atoms with Crippen molar-refractivity contribution < 1.29 is 35.1 Å². The molecule has 0 rings (SSSR count). The average molecular weight is 314 g/mol. The Morgan fingerprint density at radius 1 is 0.850 bits per heavy atom. The molecule has 0 bridgehead atoms. The molecule has 0 amide bonds. The number of likely N-dealkylation sites (N-methyl/N-ethyl adjacent to an activating group) is 1. The maximum atomic E-state index is 9.80. The Morgan fingerprint density at radius 3 is 1.80 bits per heavy atom. The second kappa shape index (κ2) is 9.23. The van der Waals surface area contributed by atoms with Gasteiger partial charge in [0.25, 0.3) is 0 Å². The van der Waals surface area contributed by atoms with Gasteiger partial charge in [-0.05, 0) is 12.3 Å². The number of hydrogen-bond donors (Lipinski definition) is 6. The minimum absolute atomic E-state index is 0.227. The molecule has 0 heterocycles. The van der Waals surface area contributed by atoms with Crippen LogP contribution in [-0.4, -0.2) is 112 Å². The molecule has 0 aromatic rings. The third-order valence-electron chi connectivity index (χ3n) is 2.82. The van der Waals surface area contributed by atoms with Gasteiger partial charge in [-0.3, -0.25) is 0 Å². The zero-order valence-corrected chi connectivity index (χ0v) is 13.3. The van der Waals surface area contributed by atoms with Crippen molar-refractivity contribution in [3.63, 3.8) is 0 Å². The number of nitrogens with zero attached hydrogens (tertiary/aromatic N) is 1. The summed E-state index contributed by atoms with van der Waals surface area (Å²) in [6.45, 7) is -0.0903. The lowest BCUT2D eigenvalue weighted by atomic mass is 10.0. The molecule has 0 fully saturated rings. The van der Waals surface area contributed by atoms with E-state index in [1.54, 1.807) is 0 Å². The van der Waals surface area contributed by atoms with Gasteiger partial charge in [0.2, 0.25) is 0 Å². The van der Waals surface area contributed by atoms with E-state index in [2.05, 4.69) is 0 Å². The summed E-state index contributed by atoms with van der Waals surface area (Å²) in [4.78, 5) is 0. The fourth-order valence-electron chi connectivity index (χ4n) is 1.78. The number of quaternary nitrogens is 1. The molecule has 8 heteroatoms. The van der Waals surface area contributed by atoms with Gasteiger partial charge in [-0.2, -0.15) is 0 Å². The molecule has 0 radical (unpaired) electrons. The van der Waals surface area contributed by atoms with Gasteiger partial charge in [-0.25, -0.2) is 0 Å². The molecule has 0 saturated carbocycles. The Hall–Kier alpha value is 0.150. The van der Waals surface area contributed by atoms with Crippen molar-refractivity contribution in [3.8, 4) is 0 Å². The summed E-state index contributed by atoms with van der Waals surface area (Å²) in [5.41, 5.74) is 0. The molecule has 0 aliphatic rings. The number of aliphatic hydroxyl groups is 6. The first kappa shape index (κ1) is 20.1. The van der Waals surface area contributed by atoms with Crippen LogP contribution in [0.5, 0.6) is 0 Å². The summed E-state index contributed by atoms with van der Waals surface area (Å²) in [6.07, 6.45) is -5.52. The zero-order chi connectivity index (χ0) is 15.9. The molecule has 6 N–H and O–H groups in total. The van der Waals surface area contributed by atoms with Crippen molar-refractivity contribution in [3.05, 3.63) is 0 Å². The Balaban J connectivity index is 4.01. The predicted molar refractivity (Wildman–Crippen MR) is 78.1 cm³/mol. The van der Waals surface area contributed by atoms with Gasteiger partial charge >= 0.3 is 0 Å². The van der Waals surface area contributed by atoms with Crippen molar-refractivity contribution in [2.45, 2.75) is 30.5 Å². The maximum Gasteiger partial charge on any atom is 0.110 e. The van der Waals surface area contributed by atoms with E-state index in [0.29, 0.717) is 17.2 Å². The van der Waals surface area contributed by atoms with E-state index in [1.165, 1.54) is 0 Å². The van der Waals surface area contributed by atoms with E-state index in [0.717, 1.165) is 0 Å². The first-order valence-electron chi connectivity index (χ1n) is 6.61. The van der Waals surface area contributed by atoms with Crippen LogP contribution in [0, 0.1) is 0 Å². The summed E-state index contributed by atoms with van der Waals surface area (Å²) in [5, 5.41) is 56.4. The lowest BCUT2D eigenvalue weighted by Crippen LogP contribution is -2.46. The summed E-state index contributed by atoms with van der Waals surface area (Å²) >= 11 is 0. The second-order valence-electron chi connectivity index (χ2n) is 6.08. The fourth-order valence-corrected chi connectivity index (χ4v) is 2.94. The summed E-state index contributed by atoms with van der Waals surface area (Å²) in [7, 11) is 6.14. The fraction of sp³-hybridized carbons (Fsp3) is 1.00. The van der Waals surface area contributed by atoms with Crippen molar-refractivity contribution in [1.82, 2.24) is 0 Å². The Bertz CT molecular complexity index is 263. The number of hydrogen-bond acceptors (Lipinski definition) is 6. The average Bonchev–Trinajstić information content (AvgIpc) is 2.33. The van der Waals surface area contributed by atoms with Crippen LogP contribution >= 0.6 is 8.58 Å². The minimum Gasteiger partial charge on any atom is -0.394 e. The van der Waals surface area contributed by atoms with Crippen LogP contribution in [0.2, 0.25) is 0 Å². The third kappa shape index (κ3) is 8.44. The molecule has 0 saturated heterocycles. The molecule has 0 aromatic heterocycles. The van der Waals surface area contributed by atoms with Gasteiger partial charge < -0.3 is 35.1 Å². The van der Waals surface area contributed by atoms with Crippen molar-refractivity contribution in [2.24, 2.45) is 0 Å². The van der Waals surface area contributed by atoms with E-state index >= 15 is 0 Å². The standard InChI is InChI=1S/C12H29NO6P/c1-13(2,3)4-8(15)6-20-7-10(17)12(19)11(18)9(16)5-14/h8-12,14-20H,4-7H2,1-3H3/q+1. The predicted octanol–water partition coefficient (Wildman–Crippen LogP) is -2.83. The minimum atomic E-state index is -1.59. The van der Waals surface area contributed by atoms with Crippen molar-refractivity contribution in [2.75, 3.05) is 46.6 Å². The SMILES string of the molecule is C[N+](C)(C)CC(O)CPCC(O)C(O)C(O)C(O)CO. The van der Waals surface area contributed by atoms with Gasteiger partial charge in [0.1, 0.15) is 31.0 Å². The van der Waals surface area contributed by atoms with E-state index in [9.17, 15) is 25.5 Å². The third-order valence-corrected chi connectivity index (χ3v) is 4.28. The lowest BCUT2D eigenvalue weighted by Gasteiger charge is -2.28. The first-order valence-corrected chi connectivity index (χ1v) is 8.02. The van der Waals surface area contributed by atoms with Gasteiger partial charge in [-0.15, -0.1) is 8.58 Å².